The van der Waals surface area contributed by atoms with Crippen molar-refractivity contribution in [2.45, 2.75) is 0 Å². The molecule has 0 bridgehead atoms. The Bertz CT molecular complexity index is 802. The molecule has 0 atom stereocenters. The number of carbonyl (C=O) groups excluding carboxylic acids is 2. The maximum Gasteiger partial charge on any atom is 0.255 e. The van der Waals surface area contributed by atoms with E-state index in [9.17, 15) is 9.59 Å². The third-order valence-corrected chi connectivity index (χ3v) is 3.35. The number of aldehydes is 1. The number of hydrogen-bond acceptors (Lipinski definition) is 2. The van der Waals surface area contributed by atoms with Gasteiger partial charge in [-0.05, 0) is 23.6 Å². The second-order valence-corrected chi connectivity index (χ2v) is 4.72. The molecule has 1 amide bonds. The first-order valence-electron chi connectivity index (χ1n) is 6.62. The summed E-state index contributed by atoms with van der Waals surface area (Å²) in [6.07, 6.45) is 0.756. The Labute approximate surface area is 122 Å². The van der Waals surface area contributed by atoms with Crippen molar-refractivity contribution in [2.75, 3.05) is 5.32 Å². The number of fused-ring (bicyclic) bond motifs is 1. The first kappa shape index (κ1) is 13.1. The zero-order valence-electron chi connectivity index (χ0n) is 11.2. The highest BCUT2D eigenvalue weighted by molar-refractivity contribution is 6.09. The molecule has 0 heterocycles. The molecule has 0 unspecified atom stereocenters. The van der Waals surface area contributed by atoms with Gasteiger partial charge >= 0.3 is 0 Å². The molecule has 0 aliphatic carbocycles. The van der Waals surface area contributed by atoms with Gasteiger partial charge in [0, 0.05) is 22.2 Å². The third-order valence-electron chi connectivity index (χ3n) is 3.35. The summed E-state index contributed by atoms with van der Waals surface area (Å²) in [6.45, 7) is 0. The van der Waals surface area contributed by atoms with E-state index in [1.165, 1.54) is 0 Å². The Hall–Kier alpha value is -2.94. The van der Waals surface area contributed by atoms with Crippen LogP contribution < -0.4 is 5.32 Å². The molecule has 0 spiro atoms. The first-order chi connectivity index (χ1) is 10.3. The van der Waals surface area contributed by atoms with Crippen molar-refractivity contribution < 1.29 is 9.59 Å². The summed E-state index contributed by atoms with van der Waals surface area (Å²) in [4.78, 5) is 22.9. The van der Waals surface area contributed by atoms with Crippen molar-refractivity contribution in [3.05, 3.63) is 77.9 Å². The van der Waals surface area contributed by atoms with E-state index in [1.807, 2.05) is 42.5 Å². The highest BCUT2D eigenvalue weighted by atomic mass is 16.1. The van der Waals surface area contributed by atoms with Gasteiger partial charge in [0.2, 0.25) is 0 Å². The number of rotatable bonds is 3. The second kappa shape index (κ2) is 5.59. The maximum atomic E-state index is 12.3. The zero-order valence-corrected chi connectivity index (χ0v) is 11.2. The fraction of sp³-hybridized carbons (Fsp3) is 0. The van der Waals surface area contributed by atoms with E-state index in [-0.39, 0.29) is 5.91 Å². The van der Waals surface area contributed by atoms with Crippen LogP contribution in [0, 0.1) is 0 Å². The van der Waals surface area contributed by atoms with Crippen LogP contribution in [0.3, 0.4) is 0 Å². The lowest BCUT2D eigenvalue weighted by Gasteiger charge is -2.08. The van der Waals surface area contributed by atoms with Crippen LogP contribution in [-0.4, -0.2) is 12.2 Å². The van der Waals surface area contributed by atoms with Crippen LogP contribution in [0.5, 0.6) is 0 Å². The van der Waals surface area contributed by atoms with E-state index in [0.717, 1.165) is 22.7 Å². The van der Waals surface area contributed by atoms with E-state index in [4.69, 9.17) is 0 Å². The number of amides is 1. The first-order valence-corrected chi connectivity index (χ1v) is 6.62. The van der Waals surface area contributed by atoms with Crippen molar-refractivity contribution >= 4 is 28.7 Å². The lowest BCUT2D eigenvalue weighted by atomic mass is 10.1. The van der Waals surface area contributed by atoms with Crippen LogP contribution in [0.1, 0.15) is 20.7 Å². The fourth-order valence-corrected chi connectivity index (χ4v) is 2.24. The molecule has 3 aromatic rings. The van der Waals surface area contributed by atoms with Gasteiger partial charge < -0.3 is 5.32 Å². The largest absolute Gasteiger partial charge is 0.321 e. The van der Waals surface area contributed by atoms with Crippen LogP contribution in [-0.2, 0) is 0 Å². The predicted octanol–water partition coefficient (Wildman–Crippen LogP) is 3.90. The van der Waals surface area contributed by atoms with Crippen molar-refractivity contribution in [1.82, 2.24) is 0 Å². The molecule has 3 rings (SSSR count). The van der Waals surface area contributed by atoms with Crippen LogP contribution in [0.25, 0.3) is 10.8 Å². The molecular weight excluding hydrogens is 262 g/mol. The smallest absolute Gasteiger partial charge is 0.255 e. The van der Waals surface area contributed by atoms with Gasteiger partial charge in [0.05, 0.1) is 0 Å². The summed E-state index contributed by atoms with van der Waals surface area (Å²) in [7, 11) is 0. The van der Waals surface area contributed by atoms with E-state index < -0.39 is 0 Å². The van der Waals surface area contributed by atoms with Gasteiger partial charge in [-0.25, -0.2) is 0 Å². The summed E-state index contributed by atoms with van der Waals surface area (Å²) in [6, 6.07) is 20.2. The number of hydrogen-bond donors (Lipinski definition) is 1. The van der Waals surface area contributed by atoms with Crippen molar-refractivity contribution in [3.8, 4) is 0 Å². The van der Waals surface area contributed by atoms with Crippen LogP contribution >= 0.6 is 0 Å². The minimum absolute atomic E-state index is 0.191. The SMILES string of the molecule is O=Cc1ccc(C(=O)Nc2cccc3ccccc23)cc1. The monoisotopic (exact) mass is 275 g/mol. The van der Waals surface area contributed by atoms with Gasteiger partial charge in [0.1, 0.15) is 6.29 Å². The number of anilines is 1. The highest BCUT2D eigenvalue weighted by Crippen LogP contribution is 2.23. The Morgan fingerprint density at radius 1 is 0.857 bits per heavy atom. The van der Waals surface area contributed by atoms with Crippen molar-refractivity contribution in [3.63, 3.8) is 0 Å². The molecule has 21 heavy (non-hydrogen) atoms. The second-order valence-electron chi connectivity index (χ2n) is 4.72. The molecule has 0 fully saturated rings. The van der Waals surface area contributed by atoms with Crippen molar-refractivity contribution in [2.24, 2.45) is 0 Å². The molecule has 3 aromatic carbocycles. The van der Waals surface area contributed by atoms with E-state index >= 15 is 0 Å². The average molecular weight is 275 g/mol. The van der Waals surface area contributed by atoms with Gasteiger partial charge in [-0.15, -0.1) is 0 Å². The zero-order chi connectivity index (χ0) is 14.7. The highest BCUT2D eigenvalue weighted by Gasteiger charge is 2.08. The van der Waals surface area contributed by atoms with E-state index in [1.54, 1.807) is 24.3 Å². The summed E-state index contributed by atoms with van der Waals surface area (Å²) in [5, 5.41) is 4.98. The molecule has 0 radical (unpaired) electrons. The van der Waals surface area contributed by atoms with Gasteiger partial charge in [-0.3, -0.25) is 9.59 Å². The van der Waals surface area contributed by atoms with Crippen LogP contribution in [0.15, 0.2) is 66.7 Å². The summed E-state index contributed by atoms with van der Waals surface area (Å²) >= 11 is 0. The molecule has 0 saturated carbocycles. The van der Waals surface area contributed by atoms with Crippen molar-refractivity contribution in [1.29, 1.82) is 0 Å². The average Bonchev–Trinajstić information content (AvgIpc) is 2.55. The minimum atomic E-state index is -0.191. The molecule has 3 heteroatoms. The van der Waals surface area contributed by atoms with Gasteiger partial charge in [0.15, 0.2) is 0 Å². The molecule has 0 aliphatic rings. The number of carbonyl (C=O) groups is 2. The standard InChI is InChI=1S/C18H13NO2/c20-12-13-8-10-15(11-9-13)18(21)19-17-7-3-5-14-4-1-2-6-16(14)17/h1-12H,(H,19,21). The third kappa shape index (κ3) is 2.67. The minimum Gasteiger partial charge on any atom is -0.321 e. The number of benzene rings is 3. The lowest BCUT2D eigenvalue weighted by Crippen LogP contribution is -2.12. The van der Waals surface area contributed by atoms with Gasteiger partial charge in [-0.1, -0.05) is 48.5 Å². The quantitative estimate of drug-likeness (QED) is 0.737. The Morgan fingerprint density at radius 3 is 2.33 bits per heavy atom. The molecule has 0 aromatic heterocycles. The van der Waals surface area contributed by atoms with Gasteiger partial charge in [0.25, 0.3) is 5.91 Å². The van der Waals surface area contributed by atoms with Crippen LogP contribution in [0.2, 0.25) is 0 Å². The summed E-state index contributed by atoms with van der Waals surface area (Å²) < 4.78 is 0. The molecule has 102 valence electrons. The lowest BCUT2D eigenvalue weighted by molar-refractivity contribution is 0.102. The molecule has 1 N–H and O–H groups in total. The molecule has 0 aliphatic heterocycles. The molecular formula is C18H13NO2. The van der Waals surface area contributed by atoms with E-state index in [0.29, 0.717) is 11.1 Å². The van der Waals surface area contributed by atoms with Crippen LogP contribution in [0.4, 0.5) is 5.69 Å². The summed E-state index contributed by atoms with van der Waals surface area (Å²) in [5.41, 5.74) is 1.85. The predicted molar refractivity (Wildman–Crippen MR) is 83.7 cm³/mol. The number of nitrogens with one attached hydrogen (secondary N) is 1. The molecule has 0 saturated heterocycles. The normalized spacial score (nSPS) is 10.3. The van der Waals surface area contributed by atoms with Gasteiger partial charge in [-0.2, -0.15) is 0 Å². The van der Waals surface area contributed by atoms with E-state index in [2.05, 4.69) is 5.32 Å². The Morgan fingerprint density at radius 2 is 1.57 bits per heavy atom. The maximum absolute atomic E-state index is 12.3. The molecule has 3 nitrogen and oxygen atoms in total. The topological polar surface area (TPSA) is 46.2 Å². The summed E-state index contributed by atoms with van der Waals surface area (Å²) in [5.74, 6) is -0.191. The Balaban J connectivity index is 1.90. The fourth-order valence-electron chi connectivity index (χ4n) is 2.24. The Kier molecular flexibility index (Phi) is 3.48.